The van der Waals surface area contributed by atoms with E-state index in [1.165, 1.54) is 19.3 Å². The monoisotopic (exact) mass is 235 g/mol. The van der Waals surface area contributed by atoms with Gasteiger partial charge in [0.1, 0.15) is 0 Å². The summed E-state index contributed by atoms with van der Waals surface area (Å²) in [5.41, 5.74) is 1.90. The van der Waals surface area contributed by atoms with Gasteiger partial charge < -0.3 is 9.72 Å². The van der Waals surface area contributed by atoms with Gasteiger partial charge in [-0.3, -0.25) is 0 Å². The Labute approximate surface area is 99.4 Å². The summed E-state index contributed by atoms with van der Waals surface area (Å²) in [6.07, 6.45) is 7.96. The number of imidazole rings is 1. The van der Waals surface area contributed by atoms with Gasteiger partial charge in [0.25, 0.3) is 0 Å². The molecular formula is C12H14ClN3. The molecule has 84 valence electrons. The second-order valence-electron chi connectivity index (χ2n) is 4.33. The van der Waals surface area contributed by atoms with E-state index < -0.39 is 0 Å². The van der Waals surface area contributed by atoms with E-state index in [9.17, 15) is 0 Å². The van der Waals surface area contributed by atoms with Crippen LogP contribution in [0.2, 0.25) is 5.02 Å². The van der Waals surface area contributed by atoms with Crippen molar-refractivity contribution in [2.24, 2.45) is 0 Å². The number of hydrogen-bond acceptors (Lipinski definition) is 2. The molecule has 1 fully saturated rings. The number of nitrogens with zero attached hydrogens (tertiary/aromatic N) is 2. The van der Waals surface area contributed by atoms with Gasteiger partial charge in [0.15, 0.2) is 5.65 Å². The molecule has 1 aliphatic rings. The summed E-state index contributed by atoms with van der Waals surface area (Å²) < 4.78 is 1.97. The second-order valence-corrected chi connectivity index (χ2v) is 4.74. The quantitative estimate of drug-likeness (QED) is 0.886. The highest BCUT2D eigenvalue weighted by molar-refractivity contribution is 6.33. The van der Waals surface area contributed by atoms with Crippen LogP contribution in [0.25, 0.3) is 5.65 Å². The topological polar surface area (TPSA) is 29.3 Å². The number of rotatable bonds is 3. The van der Waals surface area contributed by atoms with E-state index in [1.807, 2.05) is 28.9 Å². The number of hydrogen-bond donors (Lipinski definition) is 1. The normalized spacial score (nSPS) is 16.6. The number of aromatic nitrogens is 2. The van der Waals surface area contributed by atoms with Crippen LogP contribution >= 0.6 is 11.6 Å². The molecule has 0 saturated heterocycles. The van der Waals surface area contributed by atoms with Gasteiger partial charge in [-0.05, 0) is 25.0 Å². The van der Waals surface area contributed by atoms with Gasteiger partial charge in [-0.1, -0.05) is 18.0 Å². The highest BCUT2D eigenvalue weighted by Crippen LogP contribution is 2.19. The van der Waals surface area contributed by atoms with E-state index in [1.54, 1.807) is 0 Å². The van der Waals surface area contributed by atoms with E-state index >= 15 is 0 Å². The van der Waals surface area contributed by atoms with Crippen LogP contribution in [0.4, 0.5) is 0 Å². The number of nitrogens with one attached hydrogen (secondary N) is 1. The predicted molar refractivity (Wildman–Crippen MR) is 64.7 cm³/mol. The molecule has 0 atom stereocenters. The average molecular weight is 236 g/mol. The Balaban J connectivity index is 1.79. The van der Waals surface area contributed by atoms with E-state index in [4.69, 9.17) is 11.6 Å². The summed E-state index contributed by atoms with van der Waals surface area (Å²) in [5.74, 6) is 0. The van der Waals surface area contributed by atoms with Crippen LogP contribution in [0.15, 0.2) is 24.5 Å². The van der Waals surface area contributed by atoms with Crippen molar-refractivity contribution in [3.63, 3.8) is 0 Å². The largest absolute Gasteiger partial charge is 0.308 e. The fraction of sp³-hybridized carbons (Fsp3) is 0.417. The summed E-state index contributed by atoms with van der Waals surface area (Å²) in [7, 11) is 0. The zero-order chi connectivity index (χ0) is 11.0. The Hall–Kier alpha value is -1.06. The number of halogens is 1. The smallest absolute Gasteiger partial charge is 0.155 e. The molecule has 0 unspecified atom stereocenters. The van der Waals surface area contributed by atoms with Crippen LogP contribution in [-0.4, -0.2) is 15.4 Å². The van der Waals surface area contributed by atoms with E-state index in [0.29, 0.717) is 11.1 Å². The Kier molecular flexibility index (Phi) is 2.58. The van der Waals surface area contributed by atoms with Crippen molar-refractivity contribution in [1.82, 2.24) is 14.7 Å². The van der Waals surface area contributed by atoms with Crippen molar-refractivity contribution in [2.45, 2.75) is 31.8 Å². The molecule has 2 aromatic heterocycles. The van der Waals surface area contributed by atoms with Gasteiger partial charge in [-0.2, -0.15) is 0 Å². The van der Waals surface area contributed by atoms with Crippen LogP contribution in [0.5, 0.6) is 0 Å². The molecule has 1 aliphatic carbocycles. The first kappa shape index (κ1) is 10.1. The van der Waals surface area contributed by atoms with E-state index in [2.05, 4.69) is 10.3 Å². The molecule has 0 aromatic carbocycles. The zero-order valence-corrected chi connectivity index (χ0v) is 9.74. The van der Waals surface area contributed by atoms with Gasteiger partial charge in [-0.15, -0.1) is 0 Å². The minimum absolute atomic E-state index is 0.695. The standard InChI is InChI=1S/C12H14ClN3/c13-11-5-2-6-16-8-10(15-12(11)16)7-14-9-3-1-4-9/h2,5-6,8-9,14H,1,3-4,7H2. The van der Waals surface area contributed by atoms with Crippen LogP contribution in [0.1, 0.15) is 25.0 Å². The molecule has 0 aliphatic heterocycles. The van der Waals surface area contributed by atoms with Crippen LogP contribution < -0.4 is 5.32 Å². The van der Waals surface area contributed by atoms with Crippen molar-refractivity contribution in [1.29, 1.82) is 0 Å². The first-order valence-corrected chi connectivity index (χ1v) is 6.06. The average Bonchev–Trinajstić information content (AvgIpc) is 2.60. The molecule has 1 N–H and O–H groups in total. The first-order valence-electron chi connectivity index (χ1n) is 5.68. The summed E-state index contributed by atoms with van der Waals surface area (Å²) in [6.45, 7) is 0.836. The third kappa shape index (κ3) is 1.81. The summed E-state index contributed by atoms with van der Waals surface area (Å²) in [6, 6.07) is 4.49. The van der Waals surface area contributed by atoms with Gasteiger partial charge >= 0.3 is 0 Å². The lowest BCUT2D eigenvalue weighted by Gasteiger charge is -2.26. The highest BCUT2D eigenvalue weighted by Gasteiger charge is 2.16. The molecular weight excluding hydrogens is 222 g/mol. The molecule has 4 heteroatoms. The summed E-state index contributed by atoms with van der Waals surface area (Å²) >= 11 is 6.07. The van der Waals surface area contributed by atoms with Crippen molar-refractivity contribution >= 4 is 17.2 Å². The molecule has 0 radical (unpaired) electrons. The van der Waals surface area contributed by atoms with E-state index in [0.717, 1.165) is 17.9 Å². The number of pyridine rings is 1. The lowest BCUT2D eigenvalue weighted by Crippen LogP contribution is -2.34. The molecule has 16 heavy (non-hydrogen) atoms. The second kappa shape index (κ2) is 4.07. The fourth-order valence-electron chi connectivity index (χ4n) is 1.98. The molecule has 2 heterocycles. The highest BCUT2D eigenvalue weighted by atomic mass is 35.5. The van der Waals surface area contributed by atoms with Crippen molar-refractivity contribution < 1.29 is 0 Å². The van der Waals surface area contributed by atoms with Crippen molar-refractivity contribution in [2.75, 3.05) is 0 Å². The van der Waals surface area contributed by atoms with Gasteiger partial charge in [0, 0.05) is 25.0 Å². The van der Waals surface area contributed by atoms with Gasteiger partial charge in [0.05, 0.1) is 10.7 Å². The van der Waals surface area contributed by atoms with Crippen LogP contribution in [-0.2, 0) is 6.54 Å². The maximum absolute atomic E-state index is 6.07. The van der Waals surface area contributed by atoms with Gasteiger partial charge in [-0.25, -0.2) is 4.98 Å². The number of fused-ring (bicyclic) bond motifs is 1. The molecule has 3 rings (SSSR count). The SMILES string of the molecule is Clc1cccn2cc(CNC3CCC3)nc12. The molecule has 0 amide bonds. The molecule has 1 saturated carbocycles. The summed E-state index contributed by atoms with van der Waals surface area (Å²) in [5, 5.41) is 4.20. The third-order valence-electron chi connectivity index (χ3n) is 3.16. The van der Waals surface area contributed by atoms with Crippen LogP contribution in [0.3, 0.4) is 0 Å². The Morgan fingerprint density at radius 1 is 1.50 bits per heavy atom. The van der Waals surface area contributed by atoms with Crippen LogP contribution in [0, 0.1) is 0 Å². The molecule has 0 bridgehead atoms. The summed E-state index contributed by atoms with van der Waals surface area (Å²) in [4.78, 5) is 4.51. The molecule has 3 nitrogen and oxygen atoms in total. The maximum atomic E-state index is 6.07. The Morgan fingerprint density at radius 2 is 2.38 bits per heavy atom. The van der Waals surface area contributed by atoms with Crippen molar-refractivity contribution in [3.8, 4) is 0 Å². The minimum atomic E-state index is 0.695. The lowest BCUT2D eigenvalue weighted by atomic mass is 9.93. The van der Waals surface area contributed by atoms with E-state index in [-0.39, 0.29) is 0 Å². The fourth-order valence-corrected chi connectivity index (χ4v) is 2.19. The molecule has 2 aromatic rings. The first-order chi connectivity index (χ1) is 7.83. The predicted octanol–water partition coefficient (Wildman–Crippen LogP) is 2.63. The zero-order valence-electron chi connectivity index (χ0n) is 8.99. The van der Waals surface area contributed by atoms with Gasteiger partial charge in [0.2, 0.25) is 0 Å². The Bertz CT molecular complexity index is 502. The minimum Gasteiger partial charge on any atom is -0.308 e. The maximum Gasteiger partial charge on any atom is 0.155 e. The van der Waals surface area contributed by atoms with Crippen molar-refractivity contribution in [3.05, 3.63) is 35.2 Å². The molecule has 0 spiro atoms. The Morgan fingerprint density at radius 3 is 3.06 bits per heavy atom. The lowest BCUT2D eigenvalue weighted by molar-refractivity contribution is 0.337. The third-order valence-corrected chi connectivity index (χ3v) is 3.46.